The molecule has 25 heavy (non-hydrogen) atoms. The maximum atomic E-state index is 12.7. The van der Waals surface area contributed by atoms with Gasteiger partial charge in [-0.3, -0.25) is 9.69 Å². The van der Waals surface area contributed by atoms with Crippen molar-refractivity contribution in [2.24, 2.45) is 0 Å². The van der Waals surface area contributed by atoms with Gasteiger partial charge in [-0.1, -0.05) is 51.8 Å². The fourth-order valence-corrected chi connectivity index (χ4v) is 3.35. The molecule has 0 saturated carbocycles. The number of amides is 1. The molecule has 1 N–H and O–H groups in total. The summed E-state index contributed by atoms with van der Waals surface area (Å²) in [5, 5.41) is 3.20. The molecule has 0 radical (unpaired) electrons. The van der Waals surface area contributed by atoms with E-state index in [1.807, 2.05) is 24.3 Å². The molecular weight excluding hydrogens is 380 g/mol. The summed E-state index contributed by atoms with van der Waals surface area (Å²) in [6.45, 7) is 6.15. The van der Waals surface area contributed by atoms with Gasteiger partial charge in [-0.05, 0) is 30.7 Å². The van der Waals surface area contributed by atoms with E-state index in [-0.39, 0.29) is 11.9 Å². The Bertz CT molecular complexity index is 712. The first-order valence-electron chi connectivity index (χ1n) is 8.55. The Labute approximate surface area is 157 Å². The second-order valence-corrected chi connectivity index (χ2v) is 7.28. The van der Waals surface area contributed by atoms with Crippen LogP contribution in [0.4, 0.5) is 0 Å². The van der Waals surface area contributed by atoms with Gasteiger partial charge in [0.2, 0.25) is 0 Å². The molecule has 5 heteroatoms. The zero-order valence-corrected chi connectivity index (χ0v) is 16.0. The fraction of sp³-hybridized carbons (Fsp3) is 0.350. The van der Waals surface area contributed by atoms with Gasteiger partial charge in [-0.15, -0.1) is 0 Å². The number of ether oxygens (including phenoxy) is 1. The van der Waals surface area contributed by atoms with Crippen LogP contribution in [0.5, 0.6) is 0 Å². The molecule has 132 valence electrons. The Morgan fingerprint density at radius 1 is 1.20 bits per heavy atom. The quantitative estimate of drug-likeness (QED) is 0.830. The standard InChI is InChI=1S/C20H23BrN2O2/c1-15-5-7-16(8-6-15)19(14-23-9-11-25-12-10-23)22-20(24)17-3-2-4-18(21)13-17/h2-8,13,19H,9-12,14H2,1H3,(H,22,24)/t19-/m0/s1. The average Bonchev–Trinajstić information content (AvgIpc) is 2.62. The van der Waals surface area contributed by atoms with Crippen LogP contribution in [-0.4, -0.2) is 43.7 Å². The molecule has 0 spiro atoms. The lowest BCUT2D eigenvalue weighted by Gasteiger charge is -2.31. The van der Waals surface area contributed by atoms with Gasteiger partial charge in [0.1, 0.15) is 0 Å². The molecule has 1 heterocycles. The molecule has 1 fully saturated rings. The van der Waals surface area contributed by atoms with E-state index in [2.05, 4.69) is 57.3 Å². The van der Waals surface area contributed by atoms with Crippen molar-refractivity contribution in [1.29, 1.82) is 0 Å². The number of rotatable bonds is 5. The lowest BCUT2D eigenvalue weighted by molar-refractivity contribution is 0.0332. The third-order valence-corrected chi connectivity index (χ3v) is 4.91. The number of hydrogen-bond donors (Lipinski definition) is 1. The van der Waals surface area contributed by atoms with Gasteiger partial charge < -0.3 is 10.1 Å². The van der Waals surface area contributed by atoms with Gasteiger partial charge in [0.05, 0.1) is 19.3 Å². The SMILES string of the molecule is Cc1ccc([C@H](CN2CCOCC2)NC(=O)c2cccc(Br)c2)cc1. The first-order chi connectivity index (χ1) is 12.1. The van der Waals surface area contributed by atoms with E-state index in [4.69, 9.17) is 4.74 Å². The smallest absolute Gasteiger partial charge is 0.251 e. The third kappa shape index (κ3) is 5.14. The number of nitrogens with zero attached hydrogens (tertiary/aromatic N) is 1. The summed E-state index contributed by atoms with van der Waals surface area (Å²) in [4.78, 5) is 15.1. The van der Waals surface area contributed by atoms with Crippen molar-refractivity contribution in [3.8, 4) is 0 Å². The van der Waals surface area contributed by atoms with Gasteiger partial charge in [-0.2, -0.15) is 0 Å². The summed E-state index contributed by atoms with van der Waals surface area (Å²) in [6.07, 6.45) is 0. The highest BCUT2D eigenvalue weighted by atomic mass is 79.9. The maximum Gasteiger partial charge on any atom is 0.251 e. The summed E-state index contributed by atoms with van der Waals surface area (Å²) < 4.78 is 6.34. The van der Waals surface area contributed by atoms with Crippen LogP contribution in [0, 0.1) is 6.92 Å². The number of benzene rings is 2. The summed E-state index contributed by atoms with van der Waals surface area (Å²) in [5.41, 5.74) is 3.00. The third-order valence-electron chi connectivity index (χ3n) is 4.42. The van der Waals surface area contributed by atoms with Crippen LogP contribution in [0.3, 0.4) is 0 Å². The lowest BCUT2D eigenvalue weighted by atomic mass is 10.0. The molecule has 2 aromatic rings. The summed E-state index contributed by atoms with van der Waals surface area (Å²) in [7, 11) is 0. The molecule has 4 nitrogen and oxygen atoms in total. The Morgan fingerprint density at radius 3 is 2.60 bits per heavy atom. The van der Waals surface area contributed by atoms with Crippen LogP contribution in [0.25, 0.3) is 0 Å². The number of nitrogens with one attached hydrogen (secondary N) is 1. The van der Waals surface area contributed by atoms with E-state index >= 15 is 0 Å². The highest BCUT2D eigenvalue weighted by Crippen LogP contribution is 2.18. The van der Waals surface area contributed by atoms with Gasteiger partial charge >= 0.3 is 0 Å². The predicted molar refractivity (Wildman–Crippen MR) is 103 cm³/mol. The number of aryl methyl sites for hydroxylation is 1. The first kappa shape index (κ1) is 18.1. The number of carbonyl (C=O) groups excluding carboxylic acids is 1. The van der Waals surface area contributed by atoms with Crippen molar-refractivity contribution in [3.05, 3.63) is 69.7 Å². The van der Waals surface area contributed by atoms with E-state index in [9.17, 15) is 4.79 Å². The zero-order chi connectivity index (χ0) is 17.6. The molecular formula is C20H23BrN2O2. The van der Waals surface area contributed by atoms with Crippen molar-refractivity contribution in [2.75, 3.05) is 32.8 Å². The summed E-state index contributed by atoms with van der Waals surface area (Å²) >= 11 is 3.43. The lowest BCUT2D eigenvalue weighted by Crippen LogP contribution is -2.43. The van der Waals surface area contributed by atoms with E-state index in [1.165, 1.54) is 5.56 Å². The van der Waals surface area contributed by atoms with E-state index in [0.29, 0.717) is 5.56 Å². The minimum atomic E-state index is -0.0554. The highest BCUT2D eigenvalue weighted by molar-refractivity contribution is 9.10. The number of halogens is 1. The van der Waals surface area contributed by atoms with Crippen molar-refractivity contribution in [2.45, 2.75) is 13.0 Å². The Hall–Kier alpha value is -1.69. The summed E-state index contributed by atoms with van der Waals surface area (Å²) in [5.74, 6) is -0.0554. The molecule has 0 aromatic heterocycles. The minimum Gasteiger partial charge on any atom is -0.379 e. The number of hydrogen-bond acceptors (Lipinski definition) is 3. The molecule has 1 aliphatic rings. The molecule has 0 unspecified atom stereocenters. The molecule has 0 aliphatic carbocycles. The second-order valence-electron chi connectivity index (χ2n) is 6.36. The zero-order valence-electron chi connectivity index (χ0n) is 14.4. The van der Waals surface area contributed by atoms with Gasteiger partial charge in [0.15, 0.2) is 0 Å². The largest absolute Gasteiger partial charge is 0.379 e. The van der Waals surface area contributed by atoms with Crippen molar-refractivity contribution in [1.82, 2.24) is 10.2 Å². The molecule has 1 atom stereocenters. The normalized spacial score (nSPS) is 16.4. The molecule has 1 aliphatic heterocycles. The number of carbonyl (C=O) groups is 1. The fourth-order valence-electron chi connectivity index (χ4n) is 2.95. The first-order valence-corrected chi connectivity index (χ1v) is 9.34. The van der Waals surface area contributed by atoms with Crippen molar-refractivity contribution in [3.63, 3.8) is 0 Å². The molecule has 2 aromatic carbocycles. The van der Waals surface area contributed by atoms with Crippen LogP contribution in [0.1, 0.15) is 27.5 Å². The van der Waals surface area contributed by atoms with Gasteiger partial charge in [-0.25, -0.2) is 0 Å². The summed E-state index contributed by atoms with van der Waals surface area (Å²) in [6, 6.07) is 15.8. The van der Waals surface area contributed by atoms with Crippen LogP contribution in [0.2, 0.25) is 0 Å². The minimum absolute atomic E-state index is 0.0508. The average molecular weight is 403 g/mol. The van der Waals surface area contributed by atoms with Crippen LogP contribution in [0.15, 0.2) is 53.0 Å². The molecule has 1 amide bonds. The van der Waals surface area contributed by atoms with E-state index < -0.39 is 0 Å². The van der Waals surface area contributed by atoms with Crippen LogP contribution < -0.4 is 5.32 Å². The second kappa shape index (κ2) is 8.61. The predicted octanol–water partition coefficient (Wildman–Crippen LogP) is 3.56. The number of morpholine rings is 1. The molecule has 3 rings (SSSR count). The van der Waals surface area contributed by atoms with E-state index in [0.717, 1.165) is 42.9 Å². The van der Waals surface area contributed by atoms with Crippen LogP contribution in [-0.2, 0) is 4.74 Å². The maximum absolute atomic E-state index is 12.7. The molecule has 0 bridgehead atoms. The monoisotopic (exact) mass is 402 g/mol. The van der Waals surface area contributed by atoms with Gasteiger partial charge in [0, 0.05) is 29.7 Å². The topological polar surface area (TPSA) is 41.6 Å². The molecule has 1 saturated heterocycles. The Kier molecular flexibility index (Phi) is 6.24. The van der Waals surface area contributed by atoms with E-state index in [1.54, 1.807) is 0 Å². The van der Waals surface area contributed by atoms with Crippen LogP contribution >= 0.6 is 15.9 Å². The Morgan fingerprint density at radius 2 is 1.92 bits per heavy atom. The van der Waals surface area contributed by atoms with Crippen molar-refractivity contribution >= 4 is 21.8 Å². The highest BCUT2D eigenvalue weighted by Gasteiger charge is 2.20. The van der Waals surface area contributed by atoms with Crippen molar-refractivity contribution < 1.29 is 9.53 Å². The Balaban J connectivity index is 1.77. The van der Waals surface area contributed by atoms with Gasteiger partial charge in [0.25, 0.3) is 5.91 Å².